The number of hydrogen-bond donors (Lipinski definition) is 2. The van der Waals surface area contributed by atoms with E-state index in [1.54, 1.807) is 25.7 Å². The predicted molar refractivity (Wildman–Crippen MR) is 74.8 cm³/mol. The highest BCUT2D eigenvalue weighted by molar-refractivity contribution is 7.77. The molecule has 0 radical (unpaired) electrons. The molecule has 1 atom stereocenters. The van der Waals surface area contributed by atoms with Gasteiger partial charge in [0.25, 0.3) is 0 Å². The van der Waals surface area contributed by atoms with E-state index in [4.69, 9.17) is 19.0 Å². The number of nitrogens with zero attached hydrogens (tertiary/aromatic N) is 3. The van der Waals surface area contributed by atoms with Crippen LogP contribution in [0.25, 0.3) is 0 Å². The van der Waals surface area contributed by atoms with Crippen LogP contribution in [0.5, 0.6) is 0 Å². The number of aliphatic imine (C=N–C) groups is 1. The molecule has 1 aliphatic rings. The summed E-state index contributed by atoms with van der Waals surface area (Å²) in [5.41, 5.74) is 5.81. The third-order valence-corrected chi connectivity index (χ3v) is 6.33. The topological polar surface area (TPSA) is 72.6 Å². The zero-order valence-electron chi connectivity index (χ0n) is 11.3. The van der Waals surface area contributed by atoms with Crippen molar-refractivity contribution in [2.75, 3.05) is 27.9 Å². The van der Waals surface area contributed by atoms with Crippen LogP contribution in [0.1, 0.15) is 13.3 Å². The molecule has 0 aromatic carbocycles. The maximum atomic E-state index is 5.81. The van der Waals surface area contributed by atoms with Crippen molar-refractivity contribution in [1.29, 1.82) is 0 Å². The molecule has 1 unspecified atom stereocenters. The average Bonchev–Trinajstić information content (AvgIpc) is 2.61. The second-order valence-corrected chi connectivity index (χ2v) is 7.46. The lowest BCUT2D eigenvalue weighted by molar-refractivity contribution is 0.117. The summed E-state index contributed by atoms with van der Waals surface area (Å²) < 4.78 is 17.8. The number of rotatable bonds is 7. The van der Waals surface area contributed by atoms with Gasteiger partial charge < -0.3 is 19.0 Å². The Kier molecular flexibility index (Phi) is 5.88. The maximum Gasteiger partial charge on any atom is 0.500 e. The largest absolute Gasteiger partial charge is 0.500 e. The van der Waals surface area contributed by atoms with Crippen LogP contribution in [-0.2, 0) is 13.3 Å². The molecule has 106 valence electrons. The average molecular weight is 294 g/mol. The summed E-state index contributed by atoms with van der Waals surface area (Å²) in [7, 11) is 2.33. The minimum absolute atomic E-state index is 0.0392. The van der Waals surface area contributed by atoms with Gasteiger partial charge in [0.05, 0.1) is 0 Å². The molecule has 1 rings (SSSR count). The van der Waals surface area contributed by atoms with Gasteiger partial charge in [-0.25, -0.2) is 4.99 Å². The summed E-state index contributed by atoms with van der Waals surface area (Å²) in [6, 6.07) is 0.719. The van der Waals surface area contributed by atoms with E-state index in [0.29, 0.717) is 12.5 Å². The van der Waals surface area contributed by atoms with E-state index >= 15 is 0 Å². The molecule has 0 saturated carbocycles. The first-order valence-corrected chi connectivity index (χ1v) is 8.07. The van der Waals surface area contributed by atoms with E-state index in [-0.39, 0.29) is 6.17 Å². The maximum absolute atomic E-state index is 5.81. The third kappa shape index (κ3) is 3.37. The van der Waals surface area contributed by atoms with Gasteiger partial charge in [0.1, 0.15) is 6.17 Å². The summed E-state index contributed by atoms with van der Waals surface area (Å²) in [5, 5.41) is 1.83. The lowest BCUT2D eigenvalue weighted by Crippen LogP contribution is -2.45. The SMILES string of the molecule is CO[Si](CCCN1C(N)=NC(C)N1S)(OC)OC. The van der Waals surface area contributed by atoms with Gasteiger partial charge in [-0.05, 0) is 13.3 Å². The summed E-state index contributed by atoms with van der Waals surface area (Å²) in [4.78, 5) is 4.21. The molecule has 0 aromatic rings. The Morgan fingerprint density at radius 3 is 2.28 bits per heavy atom. The molecule has 18 heavy (non-hydrogen) atoms. The number of hydrogen-bond acceptors (Lipinski definition) is 8. The normalized spacial score (nSPS) is 21.5. The molecule has 0 saturated heterocycles. The zero-order valence-corrected chi connectivity index (χ0v) is 13.2. The Balaban J connectivity index is 2.45. The number of thiol groups is 1. The lowest BCUT2D eigenvalue weighted by atomic mass is 10.5. The molecule has 7 nitrogen and oxygen atoms in total. The minimum Gasteiger partial charge on any atom is -0.377 e. The Morgan fingerprint density at radius 1 is 1.33 bits per heavy atom. The third-order valence-electron chi connectivity index (χ3n) is 2.95. The highest BCUT2D eigenvalue weighted by Gasteiger charge is 2.37. The molecule has 0 bridgehead atoms. The summed E-state index contributed by atoms with van der Waals surface area (Å²) in [6.07, 6.45) is 0.782. The molecule has 0 aromatic heterocycles. The van der Waals surface area contributed by atoms with E-state index < -0.39 is 8.80 Å². The van der Waals surface area contributed by atoms with Crippen LogP contribution >= 0.6 is 12.8 Å². The number of guanidine groups is 1. The molecule has 1 aliphatic heterocycles. The van der Waals surface area contributed by atoms with Crippen LogP contribution in [0, 0.1) is 0 Å². The van der Waals surface area contributed by atoms with Crippen molar-refractivity contribution in [2.24, 2.45) is 10.7 Å². The van der Waals surface area contributed by atoms with Gasteiger partial charge in [0.2, 0.25) is 5.96 Å². The van der Waals surface area contributed by atoms with E-state index in [1.807, 2.05) is 11.9 Å². The standard InChI is InChI=1S/C9H22N4O3SSi/c1-8-11-9(10)12(13(8)17)6-5-7-18(14-2,15-3)16-4/h8,17H,5-7H2,1-4H3,(H2,10,11). The minimum atomic E-state index is -2.50. The molecular formula is C9H22N4O3SSi. The fourth-order valence-electron chi connectivity index (χ4n) is 1.83. The zero-order chi connectivity index (χ0) is 13.8. The first-order valence-electron chi connectivity index (χ1n) is 5.74. The van der Waals surface area contributed by atoms with Crippen LogP contribution in [-0.4, -0.2) is 58.2 Å². The monoisotopic (exact) mass is 294 g/mol. The van der Waals surface area contributed by atoms with Crippen LogP contribution in [0.3, 0.4) is 0 Å². The second-order valence-electron chi connectivity index (χ2n) is 3.96. The van der Waals surface area contributed by atoms with Gasteiger partial charge in [-0.3, -0.25) is 5.01 Å². The Hall–Kier alpha value is -0.323. The first-order chi connectivity index (χ1) is 8.49. The van der Waals surface area contributed by atoms with Crippen molar-refractivity contribution in [1.82, 2.24) is 9.42 Å². The van der Waals surface area contributed by atoms with Crippen LogP contribution < -0.4 is 5.73 Å². The van der Waals surface area contributed by atoms with Crippen LogP contribution in [0.15, 0.2) is 4.99 Å². The molecule has 9 heteroatoms. The molecular weight excluding hydrogens is 272 g/mol. The van der Waals surface area contributed by atoms with Gasteiger partial charge >= 0.3 is 8.80 Å². The quantitative estimate of drug-likeness (QED) is 0.519. The van der Waals surface area contributed by atoms with Crippen molar-refractivity contribution < 1.29 is 13.3 Å². The van der Waals surface area contributed by atoms with E-state index in [9.17, 15) is 0 Å². The fraction of sp³-hybridized carbons (Fsp3) is 0.889. The van der Waals surface area contributed by atoms with Crippen molar-refractivity contribution in [3.8, 4) is 0 Å². The van der Waals surface area contributed by atoms with Crippen LogP contribution in [0.2, 0.25) is 6.04 Å². The van der Waals surface area contributed by atoms with Gasteiger partial charge in [-0.2, -0.15) is 0 Å². The van der Waals surface area contributed by atoms with Gasteiger partial charge in [0.15, 0.2) is 0 Å². The fourth-order valence-corrected chi connectivity index (χ4v) is 3.77. The summed E-state index contributed by atoms with van der Waals surface area (Å²) in [5.74, 6) is 0.483. The van der Waals surface area contributed by atoms with Gasteiger partial charge in [-0.1, -0.05) is 12.8 Å². The first kappa shape index (κ1) is 15.7. The number of hydrazine groups is 1. The second kappa shape index (κ2) is 6.73. The summed E-state index contributed by atoms with van der Waals surface area (Å²) in [6.45, 7) is 2.63. The van der Waals surface area contributed by atoms with E-state index in [2.05, 4.69) is 17.8 Å². The summed E-state index contributed by atoms with van der Waals surface area (Å²) >= 11 is 4.34. The molecule has 0 amide bonds. The van der Waals surface area contributed by atoms with Crippen LogP contribution in [0.4, 0.5) is 0 Å². The Bertz CT molecular complexity index is 295. The highest BCUT2D eigenvalue weighted by atomic mass is 32.1. The Morgan fingerprint density at radius 2 is 1.89 bits per heavy atom. The Labute approximate surface area is 115 Å². The molecule has 0 spiro atoms. The number of nitrogens with two attached hydrogens (primary N) is 1. The predicted octanol–water partition coefficient (Wildman–Crippen LogP) is 0.293. The van der Waals surface area contributed by atoms with Gasteiger partial charge in [0, 0.05) is 33.9 Å². The molecule has 0 aliphatic carbocycles. The van der Waals surface area contributed by atoms with E-state index in [0.717, 1.165) is 12.5 Å². The van der Waals surface area contributed by atoms with Crippen molar-refractivity contribution >= 4 is 27.6 Å². The smallest absolute Gasteiger partial charge is 0.377 e. The lowest BCUT2D eigenvalue weighted by Gasteiger charge is -2.28. The van der Waals surface area contributed by atoms with Crippen molar-refractivity contribution in [3.63, 3.8) is 0 Å². The molecule has 0 fully saturated rings. The highest BCUT2D eigenvalue weighted by Crippen LogP contribution is 2.20. The van der Waals surface area contributed by atoms with Crippen molar-refractivity contribution in [2.45, 2.75) is 25.6 Å². The van der Waals surface area contributed by atoms with E-state index in [1.165, 1.54) is 0 Å². The molecule has 2 N–H and O–H groups in total. The van der Waals surface area contributed by atoms with Crippen molar-refractivity contribution in [3.05, 3.63) is 0 Å². The molecule has 1 heterocycles. The van der Waals surface area contributed by atoms with Gasteiger partial charge in [-0.15, -0.1) is 4.41 Å².